The molecule has 3 rings (SSSR count). The molecule has 0 aliphatic carbocycles. The third kappa shape index (κ3) is 5.35. The van der Waals surface area contributed by atoms with Crippen LogP contribution in [-0.4, -0.2) is 110 Å². The number of allylic oxidation sites excluding steroid dienone is 1. The van der Waals surface area contributed by atoms with E-state index in [4.69, 9.17) is 0 Å². The van der Waals surface area contributed by atoms with E-state index in [9.17, 15) is 10.5 Å². The van der Waals surface area contributed by atoms with Crippen LogP contribution in [0.15, 0.2) is 11.4 Å². The van der Waals surface area contributed by atoms with Crippen LogP contribution in [0.25, 0.3) is 0 Å². The van der Waals surface area contributed by atoms with E-state index < -0.39 is 0 Å². The lowest BCUT2D eigenvalue weighted by Crippen LogP contribution is -2.45. The lowest BCUT2D eigenvalue weighted by Gasteiger charge is -2.33. The zero-order valence-corrected chi connectivity index (χ0v) is 16.7. The number of rotatable bonds is 7. The molecule has 7 nitrogen and oxygen atoms in total. The van der Waals surface area contributed by atoms with Gasteiger partial charge in [0.25, 0.3) is 0 Å². The van der Waals surface area contributed by atoms with Crippen LogP contribution in [0.2, 0.25) is 0 Å². The lowest BCUT2D eigenvalue weighted by atomic mass is 10.2. The van der Waals surface area contributed by atoms with Gasteiger partial charge in [-0.2, -0.15) is 10.5 Å². The highest BCUT2D eigenvalue weighted by Gasteiger charge is 2.28. The van der Waals surface area contributed by atoms with Crippen molar-refractivity contribution >= 4 is 0 Å². The average molecular weight is 372 g/mol. The molecule has 7 heteroatoms. The molecule has 0 atom stereocenters. The summed E-state index contributed by atoms with van der Waals surface area (Å²) in [5.41, 5.74) is 0.272. The van der Waals surface area contributed by atoms with Gasteiger partial charge < -0.3 is 24.5 Å². The minimum absolute atomic E-state index is 0.272. The topological polar surface area (TPSA) is 63.8 Å². The van der Waals surface area contributed by atoms with Crippen LogP contribution in [-0.2, 0) is 0 Å². The summed E-state index contributed by atoms with van der Waals surface area (Å²) in [5.74, 6) is 0.873. The molecule has 3 aliphatic rings. The van der Waals surface area contributed by atoms with E-state index >= 15 is 0 Å². The third-order valence-corrected chi connectivity index (χ3v) is 6.07. The van der Waals surface area contributed by atoms with Crippen LogP contribution in [0.1, 0.15) is 19.3 Å². The summed E-state index contributed by atoms with van der Waals surface area (Å²) in [6, 6.07) is 4.26. The van der Waals surface area contributed by atoms with Crippen molar-refractivity contribution in [3.8, 4) is 12.1 Å². The number of hydrogen-bond donors (Lipinski definition) is 0. The van der Waals surface area contributed by atoms with Gasteiger partial charge >= 0.3 is 0 Å². The molecule has 3 fully saturated rings. The highest BCUT2D eigenvalue weighted by Crippen LogP contribution is 2.22. The number of hydrogen-bond acceptors (Lipinski definition) is 7. The molecular formula is C20H33N7. The lowest BCUT2D eigenvalue weighted by molar-refractivity contribution is 0.149. The molecule has 0 amide bonds. The van der Waals surface area contributed by atoms with Gasteiger partial charge in [0.2, 0.25) is 0 Å². The Morgan fingerprint density at radius 3 is 1.96 bits per heavy atom. The minimum Gasteiger partial charge on any atom is -0.355 e. The molecular weight excluding hydrogens is 338 g/mol. The first-order valence-corrected chi connectivity index (χ1v) is 10.4. The second kappa shape index (κ2) is 9.94. The third-order valence-electron chi connectivity index (χ3n) is 6.07. The van der Waals surface area contributed by atoms with E-state index in [0.29, 0.717) is 0 Å². The quantitative estimate of drug-likeness (QED) is 0.607. The Morgan fingerprint density at radius 1 is 0.741 bits per heavy atom. The number of piperazine rings is 1. The van der Waals surface area contributed by atoms with Crippen molar-refractivity contribution in [3.63, 3.8) is 0 Å². The van der Waals surface area contributed by atoms with E-state index in [0.717, 1.165) is 77.7 Å². The summed E-state index contributed by atoms with van der Waals surface area (Å²) in [6.07, 6.45) is 3.67. The van der Waals surface area contributed by atoms with Gasteiger partial charge in [-0.15, -0.1) is 0 Å². The van der Waals surface area contributed by atoms with Crippen molar-refractivity contribution in [1.29, 1.82) is 10.5 Å². The number of likely N-dealkylation sites (N-methyl/N-ethyl adjacent to an activating group) is 1. The summed E-state index contributed by atoms with van der Waals surface area (Å²) < 4.78 is 0. The zero-order valence-electron chi connectivity index (χ0n) is 16.7. The monoisotopic (exact) mass is 371 g/mol. The predicted molar refractivity (Wildman–Crippen MR) is 106 cm³/mol. The molecule has 3 saturated heterocycles. The normalized spacial score (nSPS) is 22.3. The molecule has 3 heterocycles. The van der Waals surface area contributed by atoms with Crippen molar-refractivity contribution in [2.24, 2.45) is 0 Å². The molecule has 0 aromatic heterocycles. The minimum atomic E-state index is 0.272. The van der Waals surface area contributed by atoms with Gasteiger partial charge in [0.15, 0.2) is 5.57 Å². The zero-order chi connectivity index (χ0) is 19.1. The van der Waals surface area contributed by atoms with Crippen molar-refractivity contribution in [3.05, 3.63) is 11.4 Å². The standard InChI is InChI=1S/C20H33N7/c1-23-9-11-25(12-10-23)7-4-8-26-15-16-27(20(26)19(17-21)18-22)14-13-24-5-2-3-6-24/h2-16H2,1H3. The van der Waals surface area contributed by atoms with Gasteiger partial charge in [0.05, 0.1) is 0 Å². The summed E-state index contributed by atoms with van der Waals surface area (Å²) in [6.45, 7) is 12.8. The highest BCUT2D eigenvalue weighted by atomic mass is 15.4. The summed E-state index contributed by atoms with van der Waals surface area (Å²) in [5, 5.41) is 18.9. The second-order valence-electron chi connectivity index (χ2n) is 7.94. The molecule has 0 spiro atoms. The van der Waals surface area contributed by atoms with Gasteiger partial charge in [-0.3, -0.25) is 0 Å². The van der Waals surface area contributed by atoms with Crippen LogP contribution in [0.3, 0.4) is 0 Å². The summed E-state index contributed by atoms with van der Waals surface area (Å²) in [7, 11) is 2.18. The SMILES string of the molecule is CN1CCN(CCCN2CCN(CCN3CCCC3)C2=C(C#N)C#N)CC1. The van der Waals surface area contributed by atoms with Crippen molar-refractivity contribution in [2.45, 2.75) is 19.3 Å². The number of nitrogens with zero attached hydrogens (tertiary/aromatic N) is 7. The van der Waals surface area contributed by atoms with Crippen LogP contribution in [0.4, 0.5) is 0 Å². The fourth-order valence-corrected chi connectivity index (χ4v) is 4.35. The van der Waals surface area contributed by atoms with E-state index in [1.165, 1.54) is 25.9 Å². The van der Waals surface area contributed by atoms with Gasteiger partial charge in [-0.1, -0.05) is 0 Å². The highest BCUT2D eigenvalue weighted by molar-refractivity contribution is 5.40. The maximum Gasteiger partial charge on any atom is 0.169 e. The van der Waals surface area contributed by atoms with Gasteiger partial charge in [-0.25, -0.2) is 0 Å². The Morgan fingerprint density at radius 2 is 1.33 bits per heavy atom. The fraction of sp³-hybridized carbons (Fsp3) is 0.800. The Bertz CT molecular complexity index is 572. The van der Waals surface area contributed by atoms with Crippen LogP contribution >= 0.6 is 0 Å². The smallest absolute Gasteiger partial charge is 0.169 e. The molecule has 0 saturated carbocycles. The molecule has 0 aromatic rings. The fourth-order valence-electron chi connectivity index (χ4n) is 4.35. The Labute approximate surface area is 164 Å². The molecule has 0 unspecified atom stereocenters. The molecule has 148 valence electrons. The average Bonchev–Trinajstić information content (AvgIpc) is 3.33. The van der Waals surface area contributed by atoms with Crippen molar-refractivity contribution < 1.29 is 0 Å². The summed E-state index contributed by atoms with van der Waals surface area (Å²) in [4.78, 5) is 11.9. The molecule has 0 N–H and O–H groups in total. The Balaban J connectivity index is 1.53. The Kier molecular flexibility index (Phi) is 7.34. The molecule has 0 aromatic carbocycles. The maximum atomic E-state index is 9.45. The Hall–Kier alpha value is -1.80. The first-order valence-electron chi connectivity index (χ1n) is 10.4. The van der Waals surface area contributed by atoms with Crippen molar-refractivity contribution in [2.75, 3.05) is 85.6 Å². The van der Waals surface area contributed by atoms with Crippen LogP contribution in [0.5, 0.6) is 0 Å². The van der Waals surface area contributed by atoms with Gasteiger partial charge in [0, 0.05) is 58.9 Å². The van der Waals surface area contributed by atoms with Crippen LogP contribution in [0, 0.1) is 22.7 Å². The maximum absolute atomic E-state index is 9.45. The first-order chi connectivity index (χ1) is 13.2. The van der Waals surface area contributed by atoms with E-state index in [2.05, 4.69) is 43.7 Å². The molecule has 27 heavy (non-hydrogen) atoms. The predicted octanol–water partition coefficient (Wildman–Crippen LogP) is 0.596. The molecule has 0 bridgehead atoms. The number of nitriles is 2. The van der Waals surface area contributed by atoms with Crippen molar-refractivity contribution in [1.82, 2.24) is 24.5 Å². The molecule has 0 radical (unpaired) electrons. The molecule has 3 aliphatic heterocycles. The number of likely N-dealkylation sites (tertiary alicyclic amines) is 1. The van der Waals surface area contributed by atoms with Gasteiger partial charge in [-0.05, 0) is 45.9 Å². The summed E-state index contributed by atoms with van der Waals surface area (Å²) >= 11 is 0. The van der Waals surface area contributed by atoms with Gasteiger partial charge in [0.1, 0.15) is 18.0 Å². The first kappa shape index (κ1) is 19.9. The van der Waals surface area contributed by atoms with E-state index in [1.807, 2.05) is 0 Å². The van der Waals surface area contributed by atoms with E-state index in [1.54, 1.807) is 0 Å². The van der Waals surface area contributed by atoms with Crippen LogP contribution < -0.4 is 0 Å². The second-order valence-corrected chi connectivity index (χ2v) is 7.94. The largest absolute Gasteiger partial charge is 0.355 e. The van der Waals surface area contributed by atoms with E-state index in [-0.39, 0.29) is 5.57 Å².